The first-order chi connectivity index (χ1) is 16.7. The molecule has 186 valence electrons. The molecule has 3 aromatic rings. The highest BCUT2D eigenvalue weighted by Crippen LogP contribution is 2.38. The predicted octanol–water partition coefficient (Wildman–Crippen LogP) is 3.61. The second-order valence-corrected chi connectivity index (χ2v) is 9.74. The highest BCUT2D eigenvalue weighted by molar-refractivity contribution is 5.63. The molecule has 12 heteroatoms. The molecule has 10 nitrogen and oxygen atoms in total. The zero-order valence-electron chi connectivity index (χ0n) is 20.2. The Balaban J connectivity index is 1.40. The SMILES string of the molecule is COc1cc(Nc2ncc(F)c(N[C@@H]3C[C@@H]4CCCN4C(C)(C)C3)n2)c(F)c(-n2nnnc2C)c1. The van der Waals surface area contributed by atoms with Crippen LogP contribution in [0.25, 0.3) is 5.69 Å². The van der Waals surface area contributed by atoms with E-state index in [0.29, 0.717) is 17.6 Å². The number of aromatic nitrogens is 6. The molecule has 5 rings (SSSR count). The van der Waals surface area contributed by atoms with Crippen molar-refractivity contribution in [1.82, 2.24) is 35.1 Å². The van der Waals surface area contributed by atoms with E-state index in [4.69, 9.17) is 4.74 Å². The van der Waals surface area contributed by atoms with Gasteiger partial charge in [0.25, 0.3) is 0 Å². The van der Waals surface area contributed by atoms with Crippen molar-refractivity contribution in [2.45, 2.75) is 64.1 Å². The molecule has 0 spiro atoms. The van der Waals surface area contributed by atoms with Gasteiger partial charge >= 0.3 is 0 Å². The fourth-order valence-corrected chi connectivity index (χ4v) is 5.36. The van der Waals surface area contributed by atoms with Crippen LogP contribution in [-0.4, -0.2) is 66.4 Å². The molecule has 1 aromatic carbocycles. The van der Waals surface area contributed by atoms with Crippen molar-refractivity contribution in [3.05, 3.63) is 35.8 Å². The molecule has 0 saturated carbocycles. The maximum atomic E-state index is 15.4. The van der Waals surface area contributed by atoms with Crippen LogP contribution in [0.2, 0.25) is 0 Å². The molecule has 4 heterocycles. The minimum absolute atomic E-state index is 0.0239. The number of nitrogens with zero attached hydrogens (tertiary/aromatic N) is 7. The lowest BCUT2D eigenvalue weighted by Crippen LogP contribution is -2.55. The Hall–Kier alpha value is -3.41. The summed E-state index contributed by atoms with van der Waals surface area (Å²) in [6, 6.07) is 3.51. The van der Waals surface area contributed by atoms with E-state index in [1.54, 1.807) is 6.92 Å². The van der Waals surface area contributed by atoms with Crippen LogP contribution in [0.5, 0.6) is 5.75 Å². The van der Waals surface area contributed by atoms with Crippen molar-refractivity contribution in [3.63, 3.8) is 0 Å². The average Bonchev–Trinajstić information content (AvgIpc) is 3.46. The highest BCUT2D eigenvalue weighted by Gasteiger charge is 2.43. The molecule has 0 bridgehead atoms. The number of methoxy groups -OCH3 is 1. The Labute approximate surface area is 202 Å². The maximum Gasteiger partial charge on any atom is 0.229 e. The second kappa shape index (κ2) is 8.99. The molecule has 0 aliphatic carbocycles. The molecule has 2 aliphatic rings. The summed E-state index contributed by atoms with van der Waals surface area (Å²) in [7, 11) is 1.47. The summed E-state index contributed by atoms with van der Waals surface area (Å²) in [5.41, 5.74) is 0.170. The maximum absolute atomic E-state index is 15.4. The van der Waals surface area contributed by atoms with Gasteiger partial charge in [-0.25, -0.2) is 13.8 Å². The largest absolute Gasteiger partial charge is 0.497 e. The predicted molar refractivity (Wildman–Crippen MR) is 126 cm³/mol. The van der Waals surface area contributed by atoms with Gasteiger partial charge in [0.1, 0.15) is 11.4 Å². The summed E-state index contributed by atoms with van der Waals surface area (Å²) in [6.45, 7) is 7.24. The van der Waals surface area contributed by atoms with Crippen molar-refractivity contribution in [2.75, 3.05) is 24.3 Å². The lowest BCUT2D eigenvalue weighted by Gasteiger charge is -2.47. The quantitative estimate of drug-likeness (QED) is 0.542. The van der Waals surface area contributed by atoms with Crippen molar-refractivity contribution < 1.29 is 13.5 Å². The summed E-state index contributed by atoms with van der Waals surface area (Å²) in [4.78, 5) is 10.9. The lowest BCUT2D eigenvalue weighted by atomic mass is 9.84. The first-order valence-corrected chi connectivity index (χ1v) is 11.7. The Morgan fingerprint density at radius 2 is 2.06 bits per heavy atom. The minimum Gasteiger partial charge on any atom is -0.497 e. The zero-order valence-corrected chi connectivity index (χ0v) is 20.2. The van der Waals surface area contributed by atoms with Gasteiger partial charge in [0.2, 0.25) is 5.95 Å². The fraction of sp³-hybridized carbons (Fsp3) is 0.522. The molecule has 2 fully saturated rings. The van der Waals surface area contributed by atoms with Gasteiger partial charge in [-0.3, -0.25) is 4.90 Å². The van der Waals surface area contributed by atoms with Crippen molar-refractivity contribution >= 4 is 17.5 Å². The molecule has 2 aliphatic heterocycles. The lowest BCUT2D eigenvalue weighted by molar-refractivity contribution is 0.0500. The van der Waals surface area contributed by atoms with Gasteiger partial charge in [-0.15, -0.1) is 5.10 Å². The average molecular weight is 486 g/mol. The van der Waals surface area contributed by atoms with Crippen molar-refractivity contribution in [1.29, 1.82) is 0 Å². The number of piperidine rings is 1. The molecule has 0 amide bonds. The molecule has 2 aromatic heterocycles. The Kier molecular flexibility index (Phi) is 5.99. The molecule has 2 N–H and O–H groups in total. The molecule has 2 atom stereocenters. The molecular weight excluding hydrogens is 456 g/mol. The summed E-state index contributed by atoms with van der Waals surface area (Å²) in [5.74, 6) is -0.251. The number of nitrogens with one attached hydrogen (secondary N) is 2. The summed E-state index contributed by atoms with van der Waals surface area (Å²) < 4.78 is 36.6. The number of hydrogen-bond donors (Lipinski definition) is 2. The number of benzene rings is 1. The Morgan fingerprint density at radius 3 is 2.80 bits per heavy atom. The summed E-state index contributed by atoms with van der Waals surface area (Å²) in [5, 5.41) is 17.3. The van der Waals surface area contributed by atoms with E-state index in [9.17, 15) is 4.39 Å². The zero-order chi connectivity index (χ0) is 24.7. The topological polar surface area (TPSA) is 106 Å². The molecular formula is C23H29F2N9O. The van der Waals surface area contributed by atoms with Crippen LogP contribution < -0.4 is 15.4 Å². The van der Waals surface area contributed by atoms with E-state index in [1.165, 1.54) is 30.3 Å². The normalized spacial score (nSPS) is 21.5. The molecule has 0 unspecified atom stereocenters. The molecule has 35 heavy (non-hydrogen) atoms. The number of rotatable bonds is 6. The minimum atomic E-state index is -0.626. The monoisotopic (exact) mass is 485 g/mol. The van der Waals surface area contributed by atoms with E-state index in [2.05, 4.69) is 54.9 Å². The third-order valence-corrected chi connectivity index (χ3v) is 6.90. The van der Waals surface area contributed by atoms with Crippen LogP contribution in [0.4, 0.5) is 26.2 Å². The van der Waals surface area contributed by atoms with Gasteiger partial charge in [-0.05, 0) is 63.4 Å². The third-order valence-electron chi connectivity index (χ3n) is 6.90. The van der Waals surface area contributed by atoms with Gasteiger partial charge in [-0.2, -0.15) is 9.67 Å². The van der Waals surface area contributed by atoms with E-state index >= 15 is 4.39 Å². The van der Waals surface area contributed by atoms with Crippen molar-refractivity contribution in [2.24, 2.45) is 0 Å². The first kappa shape index (κ1) is 23.3. The number of anilines is 3. The van der Waals surface area contributed by atoms with E-state index in [1.807, 2.05) is 0 Å². The number of fused-ring (bicyclic) bond motifs is 1. The van der Waals surface area contributed by atoms with Gasteiger partial charge in [-0.1, -0.05) is 0 Å². The van der Waals surface area contributed by atoms with Gasteiger partial charge in [0.15, 0.2) is 23.3 Å². The second-order valence-electron chi connectivity index (χ2n) is 9.74. The van der Waals surface area contributed by atoms with Crippen LogP contribution in [0, 0.1) is 18.6 Å². The van der Waals surface area contributed by atoms with E-state index < -0.39 is 11.6 Å². The van der Waals surface area contributed by atoms with Gasteiger partial charge in [0, 0.05) is 29.8 Å². The van der Waals surface area contributed by atoms with Crippen LogP contribution in [-0.2, 0) is 0 Å². The highest BCUT2D eigenvalue weighted by atomic mass is 19.1. The third kappa shape index (κ3) is 4.49. The Bertz CT molecular complexity index is 1230. The van der Waals surface area contributed by atoms with Crippen LogP contribution in [0.1, 0.15) is 45.4 Å². The molecule has 2 saturated heterocycles. The van der Waals surface area contributed by atoms with Crippen LogP contribution in [0.3, 0.4) is 0 Å². The molecule has 0 radical (unpaired) electrons. The number of halogens is 2. The smallest absolute Gasteiger partial charge is 0.229 e. The van der Waals surface area contributed by atoms with Crippen molar-refractivity contribution in [3.8, 4) is 11.4 Å². The number of aryl methyl sites for hydroxylation is 1. The Morgan fingerprint density at radius 1 is 1.23 bits per heavy atom. The number of hydrogen-bond acceptors (Lipinski definition) is 9. The number of tetrazole rings is 1. The fourth-order valence-electron chi connectivity index (χ4n) is 5.36. The van der Waals surface area contributed by atoms with Gasteiger partial charge in [0.05, 0.1) is 19.0 Å². The van der Waals surface area contributed by atoms with Crippen LogP contribution >= 0.6 is 0 Å². The van der Waals surface area contributed by atoms with E-state index in [-0.39, 0.29) is 34.7 Å². The summed E-state index contributed by atoms with van der Waals surface area (Å²) >= 11 is 0. The summed E-state index contributed by atoms with van der Waals surface area (Å²) in [6.07, 6.45) is 5.22. The standard InChI is InChI=1S/C23H29F2N9O/c1-13-30-31-32-34(13)19-10-16(35-4)9-18(20(19)25)28-22-26-12-17(24)21(29-22)27-14-8-15-6-5-7-33(15)23(2,3)11-14/h9-10,12,14-15H,5-8,11H2,1-4H3,(H2,26,27,28,29)/t14-,15+/m1/s1. The van der Waals surface area contributed by atoms with E-state index in [0.717, 1.165) is 32.0 Å². The van der Waals surface area contributed by atoms with Crippen LogP contribution in [0.15, 0.2) is 18.3 Å². The first-order valence-electron chi connectivity index (χ1n) is 11.7. The van der Waals surface area contributed by atoms with Gasteiger partial charge < -0.3 is 15.4 Å². The number of ether oxygens (including phenoxy) is 1.